The van der Waals surface area contributed by atoms with Crippen LogP contribution in [-0.4, -0.2) is 95.5 Å². The van der Waals surface area contributed by atoms with E-state index in [-0.39, 0.29) is 46.9 Å². The van der Waals surface area contributed by atoms with E-state index in [9.17, 15) is 13.0 Å². The number of nitrogens with one attached hydrogen (secondary N) is 6. The minimum absolute atomic E-state index is 0.00758. The van der Waals surface area contributed by atoms with E-state index in [0.717, 1.165) is 6.07 Å². The second kappa shape index (κ2) is 17.2. The number of aromatic nitrogens is 6. The van der Waals surface area contributed by atoms with Crippen LogP contribution in [0.1, 0.15) is 11.1 Å². The third-order valence-corrected chi connectivity index (χ3v) is 7.20. The number of nitrogens with zero attached hydrogens (tertiary/aromatic N) is 6. The Bertz CT molecular complexity index is 1790. The summed E-state index contributed by atoms with van der Waals surface area (Å²) in [6.45, 7) is -1.93. The van der Waals surface area contributed by atoms with Gasteiger partial charge in [0, 0.05) is 16.3 Å². The molecule has 0 fully saturated rings. The monoisotopic (exact) mass is 708 g/mol. The number of aliphatic hydroxyl groups is 4. The zero-order valence-electron chi connectivity index (χ0n) is 24.3. The molecule has 0 unspecified atom stereocenters. The van der Waals surface area contributed by atoms with Crippen molar-refractivity contribution < 1.29 is 48.0 Å². The van der Waals surface area contributed by atoms with Crippen molar-refractivity contribution in [2.75, 3.05) is 58.8 Å². The van der Waals surface area contributed by atoms with Crippen molar-refractivity contribution in [1.29, 1.82) is 0 Å². The number of aliphatic hydroxyl groups excluding tert-OH is 4. The first-order valence-electron chi connectivity index (χ1n) is 13.2. The number of benzene rings is 2. The van der Waals surface area contributed by atoms with Crippen molar-refractivity contribution in [3.05, 3.63) is 47.5 Å². The van der Waals surface area contributed by atoms with E-state index in [4.69, 9.17) is 25.7 Å². The van der Waals surface area contributed by atoms with Gasteiger partial charge in [-0.25, -0.2) is 5.26 Å². The average Bonchev–Trinajstić information content (AvgIpc) is 3.04. The van der Waals surface area contributed by atoms with Gasteiger partial charge in [-0.3, -0.25) is 4.55 Å². The smallest absolute Gasteiger partial charge is 0.295 e. The largest absolute Gasteiger partial charge is 0.376 e. The molecule has 0 aliphatic heterocycles. The van der Waals surface area contributed by atoms with E-state index in [1.165, 1.54) is 24.3 Å². The Morgan fingerprint density at radius 2 is 1.06 bits per heavy atom. The summed E-state index contributed by atoms with van der Waals surface area (Å²) in [6, 6.07) is 8.78. The Balaban J connectivity index is 1.63. The summed E-state index contributed by atoms with van der Waals surface area (Å²) in [5, 5.41) is 64.7. The minimum atomic E-state index is -4.76. The van der Waals surface area contributed by atoms with Crippen molar-refractivity contribution in [3.63, 3.8) is 0 Å². The lowest BCUT2D eigenvalue weighted by molar-refractivity contribution is -0.432. The fourth-order valence-electron chi connectivity index (χ4n) is 3.75. The molecule has 0 bridgehead atoms. The van der Waals surface area contributed by atoms with Gasteiger partial charge in [-0.05, 0) is 35.4 Å². The summed E-state index contributed by atoms with van der Waals surface area (Å²) in [5.41, 5.74) is 1.10. The molecule has 2 aromatic heterocycles. The molecule has 0 aliphatic carbocycles. The molecule has 4 rings (SSSR count). The highest BCUT2D eigenvalue weighted by molar-refractivity contribution is 7.94. The number of hydrogen-bond acceptors (Lipinski definition) is 22. The van der Waals surface area contributed by atoms with Gasteiger partial charge in [0.05, 0.1) is 12.0 Å². The highest BCUT2D eigenvalue weighted by Crippen LogP contribution is 2.31. The van der Waals surface area contributed by atoms with Crippen LogP contribution in [0.3, 0.4) is 0 Å². The highest BCUT2D eigenvalue weighted by Gasteiger charge is 2.17. The van der Waals surface area contributed by atoms with Crippen LogP contribution in [0.4, 0.5) is 47.1 Å². The standard InChI is InChI=1S/C24H28N12O10S2/c37-9-25-19-31-20(26-10-38)34-23(33-19)29-15-5-3-13(17(7-15)47-46-45-41)1-2-14-4-6-16(8-18(14)48(42,43)44)30-24-35-21(27-11-39)32-22(36-24)28-12-40/h1-8,37-41H,9-12H2,(H,42,43,44)(H3,25,26,29,31,33,34)(H3,27,28,30,32,35,36). The predicted molar refractivity (Wildman–Crippen MR) is 171 cm³/mol. The predicted octanol–water partition coefficient (Wildman–Crippen LogP) is 0.836. The van der Waals surface area contributed by atoms with Crippen LogP contribution in [0, 0.1) is 0 Å². The molecule has 0 saturated carbocycles. The lowest BCUT2D eigenvalue weighted by atomic mass is 10.1. The second-order valence-electron chi connectivity index (χ2n) is 8.74. The van der Waals surface area contributed by atoms with E-state index in [0.29, 0.717) is 28.2 Å². The third kappa shape index (κ3) is 10.2. The van der Waals surface area contributed by atoms with Gasteiger partial charge in [-0.2, -0.15) is 38.3 Å². The zero-order valence-corrected chi connectivity index (χ0v) is 25.9. The Hall–Kier alpha value is -5.02. The van der Waals surface area contributed by atoms with E-state index < -0.39 is 41.9 Å². The van der Waals surface area contributed by atoms with Gasteiger partial charge < -0.3 is 52.3 Å². The van der Waals surface area contributed by atoms with E-state index >= 15 is 0 Å². The quantitative estimate of drug-likeness (QED) is 0.0170. The molecule has 0 amide bonds. The molecular weight excluding hydrogens is 680 g/mol. The molecule has 2 heterocycles. The third-order valence-electron chi connectivity index (χ3n) is 5.63. The zero-order chi connectivity index (χ0) is 34.5. The first-order valence-corrected chi connectivity index (χ1v) is 15.4. The minimum Gasteiger partial charge on any atom is -0.376 e. The molecule has 0 radical (unpaired) electrons. The topological polar surface area (TPSA) is 324 Å². The van der Waals surface area contributed by atoms with Gasteiger partial charge in [0.2, 0.25) is 35.7 Å². The number of anilines is 8. The van der Waals surface area contributed by atoms with E-state index in [2.05, 4.69) is 71.2 Å². The fraction of sp³-hybridized carbons (Fsp3) is 0.167. The summed E-state index contributed by atoms with van der Waals surface area (Å²) < 4.78 is 39.3. The lowest BCUT2D eigenvalue weighted by Gasteiger charge is -2.12. The maximum absolute atomic E-state index is 12.4. The first kappa shape index (κ1) is 35.8. The van der Waals surface area contributed by atoms with E-state index in [1.54, 1.807) is 18.2 Å². The van der Waals surface area contributed by atoms with Gasteiger partial charge in [-0.15, -0.1) is 4.33 Å². The summed E-state index contributed by atoms with van der Waals surface area (Å²) >= 11 is 0.606. The van der Waals surface area contributed by atoms with Crippen LogP contribution in [0.25, 0.3) is 12.2 Å². The highest BCUT2D eigenvalue weighted by atomic mass is 32.2. The van der Waals surface area contributed by atoms with Crippen LogP contribution in [0.5, 0.6) is 0 Å². The molecule has 12 N–H and O–H groups in total. The molecule has 24 heteroatoms. The summed E-state index contributed by atoms with van der Waals surface area (Å²) in [4.78, 5) is 24.1. The van der Waals surface area contributed by atoms with Crippen LogP contribution in [0.15, 0.2) is 46.2 Å². The van der Waals surface area contributed by atoms with Crippen LogP contribution >= 0.6 is 12.0 Å². The van der Waals surface area contributed by atoms with Crippen molar-refractivity contribution >= 4 is 81.4 Å². The molecule has 4 aromatic rings. The average molecular weight is 709 g/mol. The van der Waals surface area contributed by atoms with Crippen molar-refractivity contribution in [2.45, 2.75) is 9.79 Å². The summed E-state index contributed by atoms with van der Waals surface area (Å²) in [7, 11) is -4.76. The molecule has 256 valence electrons. The molecule has 0 spiro atoms. The Kier molecular flexibility index (Phi) is 12.9. The Morgan fingerprint density at radius 3 is 1.50 bits per heavy atom. The molecule has 22 nitrogen and oxygen atoms in total. The van der Waals surface area contributed by atoms with Crippen LogP contribution in [0.2, 0.25) is 0 Å². The Labute approximate surface area is 275 Å². The SMILES string of the molecule is O=S(=O)(O)c1cc(Nc2nc(NCO)nc(NCO)n2)ccc1C=Cc1ccc(Nc2nc(NCO)nc(NCO)n2)cc1SOOO. The molecule has 48 heavy (non-hydrogen) atoms. The first-order chi connectivity index (χ1) is 23.1. The van der Waals surface area contributed by atoms with Gasteiger partial charge in [-0.1, -0.05) is 29.3 Å². The van der Waals surface area contributed by atoms with Crippen molar-refractivity contribution in [3.8, 4) is 0 Å². The maximum atomic E-state index is 12.4. The molecule has 0 saturated heterocycles. The molecule has 0 atom stereocenters. The maximum Gasteiger partial charge on any atom is 0.295 e. The van der Waals surface area contributed by atoms with Crippen molar-refractivity contribution in [2.24, 2.45) is 0 Å². The van der Waals surface area contributed by atoms with Gasteiger partial charge in [0.25, 0.3) is 10.1 Å². The normalized spacial score (nSPS) is 11.4. The molecular formula is C24H28N12O10S2. The van der Waals surface area contributed by atoms with Gasteiger partial charge in [0.1, 0.15) is 31.8 Å². The number of rotatable bonds is 18. The summed E-state index contributed by atoms with van der Waals surface area (Å²) in [6.07, 6.45) is 2.91. The Morgan fingerprint density at radius 1 is 0.646 bits per heavy atom. The van der Waals surface area contributed by atoms with Gasteiger partial charge in [0.15, 0.2) is 0 Å². The second-order valence-corrected chi connectivity index (χ2v) is 10.9. The van der Waals surface area contributed by atoms with Crippen LogP contribution < -0.4 is 31.9 Å². The van der Waals surface area contributed by atoms with Crippen LogP contribution in [-0.2, 0) is 19.5 Å². The van der Waals surface area contributed by atoms with E-state index in [1.807, 2.05) is 0 Å². The molecule has 2 aromatic carbocycles. The number of hydrogen-bond donors (Lipinski definition) is 12. The van der Waals surface area contributed by atoms with Gasteiger partial charge >= 0.3 is 0 Å². The fourth-order valence-corrected chi connectivity index (χ4v) is 4.97. The molecule has 0 aliphatic rings. The van der Waals surface area contributed by atoms with Crippen molar-refractivity contribution in [1.82, 2.24) is 29.9 Å². The summed E-state index contributed by atoms with van der Waals surface area (Å²) in [5.74, 6) is -0.137. The lowest BCUT2D eigenvalue weighted by Crippen LogP contribution is -2.12.